The van der Waals surface area contributed by atoms with Crippen LogP contribution < -0.4 is 14.2 Å². The van der Waals surface area contributed by atoms with E-state index < -0.39 is 15.9 Å². The maximum atomic E-state index is 13.5. The molecule has 1 unspecified atom stereocenters. The van der Waals surface area contributed by atoms with Gasteiger partial charge in [-0.3, -0.25) is 4.79 Å². The van der Waals surface area contributed by atoms with Gasteiger partial charge in [0.05, 0.1) is 32.1 Å². The second-order valence-electron chi connectivity index (χ2n) is 9.16. The lowest BCUT2D eigenvalue weighted by molar-refractivity contribution is -0.135. The molecule has 0 aliphatic carbocycles. The second kappa shape index (κ2) is 10.9. The largest absolute Gasteiger partial charge is 0.493 e. The molecule has 0 spiro atoms. The van der Waals surface area contributed by atoms with Crippen molar-refractivity contribution in [2.75, 3.05) is 41.5 Å². The number of ether oxygens (including phenoxy) is 3. The van der Waals surface area contributed by atoms with Gasteiger partial charge in [0.25, 0.3) is 0 Å². The molecular formula is C26H36N2O6S. The fourth-order valence-corrected chi connectivity index (χ4v) is 6.89. The van der Waals surface area contributed by atoms with Crippen LogP contribution in [0.4, 0.5) is 0 Å². The summed E-state index contributed by atoms with van der Waals surface area (Å²) < 4.78 is 44.7. The van der Waals surface area contributed by atoms with Crippen molar-refractivity contribution < 1.29 is 27.4 Å². The van der Waals surface area contributed by atoms with E-state index in [-0.39, 0.29) is 12.5 Å². The first-order chi connectivity index (χ1) is 16.5. The second-order valence-corrected chi connectivity index (χ2v) is 11.0. The van der Waals surface area contributed by atoms with Crippen molar-refractivity contribution in [1.29, 1.82) is 0 Å². The number of carbonyl (C=O) groups is 1. The van der Waals surface area contributed by atoms with Crippen LogP contribution in [0.1, 0.15) is 35.1 Å². The molecule has 0 saturated carbocycles. The smallest absolute Gasteiger partial charge is 0.243 e. The molecule has 1 saturated heterocycles. The molecule has 0 radical (unpaired) electrons. The number of sulfonamides is 1. The molecule has 1 atom stereocenters. The molecule has 1 aliphatic rings. The van der Waals surface area contributed by atoms with Gasteiger partial charge in [-0.2, -0.15) is 4.31 Å². The quantitative estimate of drug-likeness (QED) is 0.545. The summed E-state index contributed by atoms with van der Waals surface area (Å²) in [6.07, 6.45) is 1.29. The number of nitrogens with zero attached hydrogens (tertiary/aromatic N) is 2. The summed E-state index contributed by atoms with van der Waals surface area (Å²) >= 11 is 0. The number of rotatable bonds is 8. The summed E-state index contributed by atoms with van der Waals surface area (Å²) in [6.45, 7) is 6.52. The topological polar surface area (TPSA) is 85.4 Å². The molecule has 0 aromatic heterocycles. The average molecular weight is 505 g/mol. The molecule has 192 valence electrons. The predicted molar refractivity (Wildman–Crippen MR) is 135 cm³/mol. The Balaban J connectivity index is 1.79. The van der Waals surface area contributed by atoms with Crippen molar-refractivity contribution in [3.05, 3.63) is 46.5 Å². The Labute approximate surface area is 208 Å². The number of benzene rings is 2. The van der Waals surface area contributed by atoms with Gasteiger partial charge in [0.1, 0.15) is 0 Å². The maximum Gasteiger partial charge on any atom is 0.243 e. The van der Waals surface area contributed by atoms with E-state index in [1.54, 1.807) is 26.2 Å². The van der Waals surface area contributed by atoms with Gasteiger partial charge in [0.2, 0.25) is 21.7 Å². The van der Waals surface area contributed by atoms with Crippen LogP contribution in [-0.4, -0.2) is 65.0 Å². The van der Waals surface area contributed by atoms with E-state index in [1.165, 1.54) is 11.4 Å². The van der Waals surface area contributed by atoms with Crippen molar-refractivity contribution in [2.24, 2.45) is 5.92 Å². The highest BCUT2D eigenvalue weighted by Crippen LogP contribution is 2.38. The molecule has 2 aromatic carbocycles. The van der Waals surface area contributed by atoms with Crippen molar-refractivity contribution in [3.63, 3.8) is 0 Å². The molecule has 8 nitrogen and oxygen atoms in total. The highest BCUT2D eigenvalue weighted by atomic mass is 32.2. The summed E-state index contributed by atoms with van der Waals surface area (Å²) in [4.78, 5) is 15.3. The zero-order valence-electron chi connectivity index (χ0n) is 21.7. The minimum atomic E-state index is -3.70. The number of methoxy groups -OCH3 is 3. The number of hydrogen-bond acceptors (Lipinski definition) is 6. The molecule has 35 heavy (non-hydrogen) atoms. The molecular weight excluding hydrogens is 468 g/mol. The first kappa shape index (κ1) is 26.8. The molecule has 0 bridgehead atoms. The Bertz CT molecular complexity index is 1150. The van der Waals surface area contributed by atoms with Crippen LogP contribution >= 0.6 is 0 Å². The van der Waals surface area contributed by atoms with Gasteiger partial charge >= 0.3 is 0 Å². The van der Waals surface area contributed by atoms with Crippen LogP contribution in [0.15, 0.2) is 29.2 Å². The summed E-state index contributed by atoms with van der Waals surface area (Å²) in [6, 6.07) is 7.40. The molecule has 1 amide bonds. The normalized spacial score (nSPS) is 16.6. The van der Waals surface area contributed by atoms with Crippen LogP contribution in [0.2, 0.25) is 0 Å². The van der Waals surface area contributed by atoms with E-state index in [9.17, 15) is 13.2 Å². The van der Waals surface area contributed by atoms with Crippen molar-refractivity contribution in [1.82, 2.24) is 9.21 Å². The SMILES string of the molecule is COc1cc(CN(C)C(=O)C2CCCN(S(=O)(=O)c3c(C)cc(C)cc3C)C2)cc(OC)c1OC. The molecule has 1 aliphatic heterocycles. The molecule has 1 heterocycles. The fourth-order valence-electron chi connectivity index (χ4n) is 4.96. The van der Waals surface area contributed by atoms with E-state index in [4.69, 9.17) is 14.2 Å². The van der Waals surface area contributed by atoms with Gasteiger partial charge in [-0.05, 0) is 62.4 Å². The van der Waals surface area contributed by atoms with E-state index in [0.29, 0.717) is 48.1 Å². The summed E-state index contributed by atoms with van der Waals surface area (Å²) in [5.41, 5.74) is 3.31. The average Bonchev–Trinajstić information content (AvgIpc) is 2.82. The highest BCUT2D eigenvalue weighted by Gasteiger charge is 2.36. The molecule has 2 aromatic rings. The molecule has 0 N–H and O–H groups in total. The lowest BCUT2D eigenvalue weighted by Crippen LogP contribution is -2.45. The minimum Gasteiger partial charge on any atom is -0.493 e. The first-order valence-electron chi connectivity index (χ1n) is 11.6. The lowest BCUT2D eigenvalue weighted by Gasteiger charge is -2.34. The van der Waals surface area contributed by atoms with Crippen LogP contribution in [0.5, 0.6) is 17.2 Å². The van der Waals surface area contributed by atoms with Gasteiger partial charge in [-0.25, -0.2) is 8.42 Å². The van der Waals surface area contributed by atoms with Crippen molar-refractivity contribution >= 4 is 15.9 Å². The molecule has 9 heteroatoms. The predicted octanol–water partition coefficient (Wildman–Crippen LogP) is 3.70. The zero-order chi connectivity index (χ0) is 25.9. The Hall–Kier alpha value is -2.78. The Morgan fingerprint density at radius 2 is 1.57 bits per heavy atom. The summed E-state index contributed by atoms with van der Waals surface area (Å²) in [5.74, 6) is 1.03. The third-order valence-corrected chi connectivity index (χ3v) is 8.63. The van der Waals surface area contributed by atoms with Crippen LogP contribution in [0.25, 0.3) is 0 Å². The highest BCUT2D eigenvalue weighted by molar-refractivity contribution is 7.89. The number of amides is 1. The Kier molecular flexibility index (Phi) is 8.33. The van der Waals surface area contributed by atoms with Crippen molar-refractivity contribution in [3.8, 4) is 17.2 Å². The lowest BCUT2D eigenvalue weighted by atomic mass is 9.98. The van der Waals surface area contributed by atoms with Crippen LogP contribution in [-0.2, 0) is 21.4 Å². The third kappa shape index (κ3) is 5.56. The van der Waals surface area contributed by atoms with E-state index in [2.05, 4.69) is 0 Å². The van der Waals surface area contributed by atoms with Crippen LogP contribution in [0, 0.1) is 26.7 Å². The number of aryl methyl sites for hydroxylation is 3. The van der Waals surface area contributed by atoms with Gasteiger partial charge in [0, 0.05) is 26.7 Å². The van der Waals surface area contributed by atoms with Crippen molar-refractivity contribution in [2.45, 2.75) is 45.1 Å². The van der Waals surface area contributed by atoms with Gasteiger partial charge in [-0.1, -0.05) is 17.7 Å². The monoisotopic (exact) mass is 504 g/mol. The number of piperidine rings is 1. The minimum absolute atomic E-state index is 0.0870. The van der Waals surface area contributed by atoms with E-state index >= 15 is 0 Å². The Morgan fingerprint density at radius 1 is 1.00 bits per heavy atom. The number of hydrogen-bond donors (Lipinski definition) is 0. The Morgan fingerprint density at radius 3 is 2.09 bits per heavy atom. The van der Waals surface area contributed by atoms with E-state index in [1.807, 2.05) is 45.0 Å². The zero-order valence-corrected chi connectivity index (χ0v) is 22.5. The molecule has 3 rings (SSSR count). The van der Waals surface area contributed by atoms with Crippen LogP contribution in [0.3, 0.4) is 0 Å². The summed E-state index contributed by atoms with van der Waals surface area (Å²) in [7, 11) is 2.66. The molecule has 1 fully saturated rings. The third-order valence-electron chi connectivity index (χ3n) is 6.46. The fraction of sp³-hybridized carbons (Fsp3) is 0.500. The standard InChI is InChI=1S/C26H36N2O6S/c1-17-11-18(2)25(19(3)12-17)35(30,31)28-10-8-9-21(16-28)26(29)27(4)15-20-13-22(32-5)24(34-7)23(14-20)33-6/h11-14,21H,8-10,15-16H2,1-7H3. The maximum absolute atomic E-state index is 13.5. The van der Waals surface area contributed by atoms with Gasteiger partial charge < -0.3 is 19.1 Å². The van der Waals surface area contributed by atoms with Gasteiger partial charge in [-0.15, -0.1) is 0 Å². The summed E-state index contributed by atoms with van der Waals surface area (Å²) in [5, 5.41) is 0. The first-order valence-corrected chi connectivity index (χ1v) is 13.1. The number of carbonyl (C=O) groups excluding carboxylic acids is 1. The van der Waals surface area contributed by atoms with E-state index in [0.717, 1.165) is 22.3 Å². The van der Waals surface area contributed by atoms with Gasteiger partial charge in [0.15, 0.2) is 11.5 Å².